The van der Waals surface area contributed by atoms with Crippen LogP contribution in [0.5, 0.6) is 0 Å². The van der Waals surface area contributed by atoms with E-state index in [1.807, 2.05) is 26.0 Å². The molecule has 0 saturated heterocycles. The number of hydrogen-bond acceptors (Lipinski definition) is 1. The van der Waals surface area contributed by atoms with Gasteiger partial charge in [-0.1, -0.05) is 18.6 Å². The molecule has 0 heterocycles. The Morgan fingerprint density at radius 3 is 2.33 bits per heavy atom. The quantitative estimate of drug-likeness (QED) is 0.562. The number of hydrogen-bond donors (Lipinski definition) is 1. The molecule has 1 nitrogen and oxygen atoms in total. The van der Waals surface area contributed by atoms with Crippen molar-refractivity contribution in [1.82, 2.24) is 0 Å². The van der Waals surface area contributed by atoms with Crippen LogP contribution in [0.25, 0.3) is 0 Å². The lowest BCUT2D eigenvalue weighted by atomic mass is 10.2. The van der Waals surface area contributed by atoms with Crippen molar-refractivity contribution in [1.29, 1.82) is 0 Å². The third-order valence-electron chi connectivity index (χ3n) is 0.895. The van der Waals surface area contributed by atoms with E-state index in [4.69, 9.17) is 5.73 Å². The first-order valence-corrected chi connectivity index (χ1v) is 3.27. The van der Waals surface area contributed by atoms with Crippen LogP contribution >= 0.6 is 0 Å². The lowest BCUT2D eigenvalue weighted by Crippen LogP contribution is -1.92. The molecule has 52 valence electrons. The van der Waals surface area contributed by atoms with Gasteiger partial charge in [-0.05, 0) is 26.3 Å². The van der Waals surface area contributed by atoms with Crippen LogP contribution in [0, 0.1) is 0 Å². The molecular formula is C8H15N. The van der Waals surface area contributed by atoms with E-state index in [1.54, 1.807) is 0 Å². The number of nitrogens with two attached hydrogens (primary N) is 1. The van der Waals surface area contributed by atoms with Gasteiger partial charge in [0.1, 0.15) is 0 Å². The van der Waals surface area contributed by atoms with E-state index in [2.05, 4.69) is 6.92 Å². The average Bonchev–Trinajstić information content (AvgIpc) is 1.63. The summed E-state index contributed by atoms with van der Waals surface area (Å²) in [6, 6.07) is 0. The van der Waals surface area contributed by atoms with Crippen LogP contribution in [0.4, 0.5) is 0 Å². The van der Waals surface area contributed by atoms with Gasteiger partial charge in [-0.2, -0.15) is 0 Å². The molecule has 0 spiro atoms. The zero-order chi connectivity index (χ0) is 7.28. The Morgan fingerprint density at radius 2 is 2.00 bits per heavy atom. The molecule has 2 N–H and O–H groups in total. The highest BCUT2D eigenvalue weighted by Gasteiger charge is 1.80. The molecule has 0 aliphatic carbocycles. The Hall–Kier alpha value is -0.720. The van der Waals surface area contributed by atoms with Gasteiger partial charge in [0.05, 0.1) is 0 Å². The first-order valence-electron chi connectivity index (χ1n) is 3.27. The molecule has 0 rings (SSSR count). The van der Waals surface area contributed by atoms with Crippen molar-refractivity contribution in [2.24, 2.45) is 5.73 Å². The van der Waals surface area contributed by atoms with Crippen LogP contribution in [0.2, 0.25) is 0 Å². The smallest absolute Gasteiger partial charge is 0.0272 e. The second-order valence-corrected chi connectivity index (χ2v) is 2.33. The van der Waals surface area contributed by atoms with Crippen molar-refractivity contribution in [3.63, 3.8) is 0 Å². The minimum atomic E-state index is 0.873. The summed E-state index contributed by atoms with van der Waals surface area (Å²) in [6.45, 7) is 6.15. The maximum Gasteiger partial charge on any atom is 0.0272 e. The summed E-state index contributed by atoms with van der Waals surface area (Å²) in [5, 5.41) is 0. The fourth-order valence-electron chi connectivity index (χ4n) is 0.628. The standard InChI is InChI=1S/C8H15N/c1-4-5-8(9)6-7(2)3/h5-6H,4,9H2,1-3H3/b8-5-. The zero-order valence-corrected chi connectivity index (χ0v) is 6.44. The highest BCUT2D eigenvalue weighted by atomic mass is 14.5. The van der Waals surface area contributed by atoms with Gasteiger partial charge < -0.3 is 5.73 Å². The molecular weight excluding hydrogens is 110 g/mol. The van der Waals surface area contributed by atoms with Crippen LogP contribution in [0.3, 0.4) is 0 Å². The monoisotopic (exact) mass is 125 g/mol. The Balaban J connectivity index is 3.90. The molecule has 0 unspecified atom stereocenters. The Bertz CT molecular complexity index is 128. The third-order valence-corrected chi connectivity index (χ3v) is 0.895. The summed E-state index contributed by atoms with van der Waals surface area (Å²) >= 11 is 0. The second-order valence-electron chi connectivity index (χ2n) is 2.33. The first-order chi connectivity index (χ1) is 4.16. The van der Waals surface area contributed by atoms with Gasteiger partial charge in [-0.3, -0.25) is 0 Å². The SMILES string of the molecule is CC/C=C(\N)C=C(C)C. The van der Waals surface area contributed by atoms with Crippen molar-refractivity contribution < 1.29 is 0 Å². The van der Waals surface area contributed by atoms with Gasteiger partial charge in [-0.25, -0.2) is 0 Å². The van der Waals surface area contributed by atoms with E-state index >= 15 is 0 Å². The molecule has 0 radical (unpaired) electrons. The number of rotatable bonds is 2. The molecule has 0 fully saturated rings. The highest BCUT2D eigenvalue weighted by molar-refractivity contribution is 5.17. The Labute approximate surface area is 57.3 Å². The van der Waals surface area contributed by atoms with Gasteiger partial charge in [0, 0.05) is 5.70 Å². The summed E-state index contributed by atoms with van der Waals surface area (Å²) in [5.74, 6) is 0. The van der Waals surface area contributed by atoms with Crippen LogP contribution in [-0.2, 0) is 0 Å². The van der Waals surface area contributed by atoms with E-state index in [0.29, 0.717) is 0 Å². The minimum Gasteiger partial charge on any atom is -0.399 e. The van der Waals surface area contributed by atoms with Gasteiger partial charge in [0.25, 0.3) is 0 Å². The molecule has 0 aliphatic heterocycles. The summed E-state index contributed by atoms with van der Waals surface area (Å²) in [6.07, 6.45) is 4.99. The maximum absolute atomic E-state index is 5.57. The average molecular weight is 125 g/mol. The molecule has 0 amide bonds. The van der Waals surface area contributed by atoms with Crippen LogP contribution in [0.15, 0.2) is 23.4 Å². The predicted molar refractivity (Wildman–Crippen MR) is 42.0 cm³/mol. The molecule has 0 atom stereocenters. The zero-order valence-electron chi connectivity index (χ0n) is 6.44. The molecule has 1 heteroatoms. The second kappa shape index (κ2) is 4.19. The lowest BCUT2D eigenvalue weighted by Gasteiger charge is -1.91. The minimum absolute atomic E-state index is 0.873. The van der Waals surface area contributed by atoms with Crippen molar-refractivity contribution >= 4 is 0 Å². The van der Waals surface area contributed by atoms with Gasteiger partial charge in [-0.15, -0.1) is 0 Å². The van der Waals surface area contributed by atoms with E-state index < -0.39 is 0 Å². The fraction of sp³-hybridized carbons (Fsp3) is 0.500. The van der Waals surface area contributed by atoms with E-state index in [1.165, 1.54) is 5.57 Å². The lowest BCUT2D eigenvalue weighted by molar-refractivity contribution is 1.18. The number of allylic oxidation sites excluding steroid dienone is 3. The highest BCUT2D eigenvalue weighted by Crippen LogP contribution is 1.95. The van der Waals surface area contributed by atoms with Crippen molar-refractivity contribution in [3.8, 4) is 0 Å². The Kier molecular flexibility index (Phi) is 3.85. The fourth-order valence-corrected chi connectivity index (χ4v) is 0.628. The molecule has 0 aromatic carbocycles. The van der Waals surface area contributed by atoms with Gasteiger partial charge in [0.15, 0.2) is 0 Å². The molecule has 0 aliphatic rings. The normalized spacial score (nSPS) is 11.2. The maximum atomic E-state index is 5.57. The van der Waals surface area contributed by atoms with E-state index in [0.717, 1.165) is 12.1 Å². The molecule has 0 bridgehead atoms. The molecule has 0 aromatic rings. The largest absolute Gasteiger partial charge is 0.399 e. The van der Waals surface area contributed by atoms with Gasteiger partial charge in [0.2, 0.25) is 0 Å². The Morgan fingerprint density at radius 1 is 1.44 bits per heavy atom. The molecule has 0 aromatic heterocycles. The van der Waals surface area contributed by atoms with E-state index in [-0.39, 0.29) is 0 Å². The van der Waals surface area contributed by atoms with Crippen LogP contribution in [-0.4, -0.2) is 0 Å². The molecule has 9 heavy (non-hydrogen) atoms. The van der Waals surface area contributed by atoms with Crippen LogP contribution < -0.4 is 5.73 Å². The molecule has 0 saturated carbocycles. The summed E-state index contributed by atoms with van der Waals surface area (Å²) in [5.41, 5.74) is 7.69. The van der Waals surface area contributed by atoms with Crippen LogP contribution in [0.1, 0.15) is 27.2 Å². The summed E-state index contributed by atoms with van der Waals surface area (Å²) in [4.78, 5) is 0. The summed E-state index contributed by atoms with van der Waals surface area (Å²) in [7, 11) is 0. The third kappa shape index (κ3) is 5.15. The topological polar surface area (TPSA) is 26.0 Å². The van der Waals surface area contributed by atoms with E-state index in [9.17, 15) is 0 Å². The predicted octanol–water partition coefficient (Wildman–Crippen LogP) is 2.21. The van der Waals surface area contributed by atoms with Gasteiger partial charge >= 0.3 is 0 Å². The van der Waals surface area contributed by atoms with Crippen molar-refractivity contribution in [2.75, 3.05) is 0 Å². The summed E-state index contributed by atoms with van der Waals surface area (Å²) < 4.78 is 0. The van der Waals surface area contributed by atoms with Crippen molar-refractivity contribution in [2.45, 2.75) is 27.2 Å². The first kappa shape index (κ1) is 8.28. The van der Waals surface area contributed by atoms with Crippen molar-refractivity contribution in [3.05, 3.63) is 23.4 Å².